The molecule has 0 N–H and O–H groups in total. The fourth-order valence-electron chi connectivity index (χ4n) is 2.47. The van der Waals surface area contributed by atoms with Gasteiger partial charge in [0.2, 0.25) is 0 Å². The first-order chi connectivity index (χ1) is 9.13. The zero-order valence-electron chi connectivity index (χ0n) is 11.3. The van der Waals surface area contributed by atoms with Crippen molar-refractivity contribution in [3.05, 3.63) is 24.0 Å². The third-order valence-corrected chi connectivity index (χ3v) is 3.98. The van der Waals surface area contributed by atoms with Gasteiger partial charge in [-0.1, -0.05) is 0 Å². The molecule has 4 nitrogen and oxygen atoms in total. The van der Waals surface area contributed by atoms with Crippen LogP contribution in [0.3, 0.4) is 0 Å². The lowest BCUT2D eigenvalue weighted by molar-refractivity contribution is 0.313. The topological polar surface area (TPSA) is 32.3 Å². The van der Waals surface area contributed by atoms with Crippen LogP contribution in [0.2, 0.25) is 0 Å². The molecule has 1 aromatic heterocycles. The molecule has 1 aliphatic heterocycles. The molecule has 100 valence electrons. The smallest absolute Gasteiger partial charge is 0.127 e. The molecule has 19 heavy (non-hydrogen) atoms. The van der Waals surface area contributed by atoms with E-state index in [4.69, 9.17) is 0 Å². The van der Waals surface area contributed by atoms with Crippen LogP contribution in [0.4, 0.5) is 5.69 Å². The van der Waals surface area contributed by atoms with E-state index in [1.165, 1.54) is 5.69 Å². The van der Waals surface area contributed by atoms with Crippen LogP contribution in [0.1, 0.15) is 5.82 Å². The van der Waals surface area contributed by atoms with E-state index < -0.39 is 0 Å². The van der Waals surface area contributed by atoms with Gasteiger partial charge in [-0.2, -0.15) is 0 Å². The predicted molar refractivity (Wildman–Crippen MR) is 81.2 cm³/mol. The maximum absolute atomic E-state index is 4.47. The Bertz CT molecular complexity index is 606. The summed E-state index contributed by atoms with van der Waals surface area (Å²) in [6, 6.07) is 6.37. The summed E-state index contributed by atoms with van der Waals surface area (Å²) < 4.78 is 0. The molecule has 0 bridgehead atoms. The van der Waals surface area contributed by atoms with E-state index >= 15 is 0 Å². The highest BCUT2D eigenvalue weighted by molar-refractivity contribution is 7.80. The van der Waals surface area contributed by atoms with Gasteiger partial charge in [-0.25, -0.2) is 9.97 Å². The molecule has 1 aromatic carbocycles. The molecule has 0 unspecified atom stereocenters. The summed E-state index contributed by atoms with van der Waals surface area (Å²) in [5, 5.41) is 1.80. The quantitative estimate of drug-likeness (QED) is 0.636. The van der Waals surface area contributed by atoms with Crippen LogP contribution in [-0.4, -0.2) is 48.1 Å². The Kier molecular flexibility index (Phi) is 3.33. The van der Waals surface area contributed by atoms with E-state index in [1.807, 2.05) is 6.92 Å². The second-order valence-electron chi connectivity index (χ2n) is 5.09. The number of benzene rings is 1. The van der Waals surface area contributed by atoms with Gasteiger partial charge < -0.3 is 9.80 Å². The van der Waals surface area contributed by atoms with Crippen LogP contribution in [0.15, 0.2) is 23.2 Å². The lowest BCUT2D eigenvalue weighted by Crippen LogP contribution is -2.44. The highest BCUT2D eigenvalue weighted by Crippen LogP contribution is 2.25. The van der Waals surface area contributed by atoms with Crippen molar-refractivity contribution in [1.82, 2.24) is 14.9 Å². The van der Waals surface area contributed by atoms with Crippen molar-refractivity contribution in [2.24, 2.45) is 0 Å². The molecule has 0 spiro atoms. The molecule has 2 heterocycles. The highest BCUT2D eigenvalue weighted by Gasteiger charge is 2.15. The van der Waals surface area contributed by atoms with Crippen molar-refractivity contribution in [2.75, 3.05) is 38.1 Å². The van der Waals surface area contributed by atoms with Crippen LogP contribution in [-0.2, 0) is 0 Å². The number of aromatic nitrogens is 2. The minimum Gasteiger partial charge on any atom is -0.369 e. The zero-order valence-corrected chi connectivity index (χ0v) is 12.2. The van der Waals surface area contributed by atoms with Crippen LogP contribution in [0, 0.1) is 6.92 Å². The van der Waals surface area contributed by atoms with Crippen molar-refractivity contribution in [3.8, 4) is 0 Å². The summed E-state index contributed by atoms with van der Waals surface area (Å²) in [7, 11) is 2.17. The fourth-order valence-corrected chi connectivity index (χ4v) is 2.80. The third kappa shape index (κ3) is 2.53. The minimum atomic E-state index is 0.762. The number of hydrogen-bond donors (Lipinski definition) is 1. The van der Waals surface area contributed by atoms with E-state index in [0.29, 0.717) is 0 Å². The van der Waals surface area contributed by atoms with Crippen molar-refractivity contribution in [2.45, 2.75) is 11.9 Å². The van der Waals surface area contributed by atoms with Crippen LogP contribution >= 0.6 is 12.6 Å². The van der Waals surface area contributed by atoms with Crippen LogP contribution < -0.4 is 4.90 Å². The molecule has 0 aliphatic carbocycles. The van der Waals surface area contributed by atoms with Crippen molar-refractivity contribution in [1.29, 1.82) is 0 Å². The van der Waals surface area contributed by atoms with Gasteiger partial charge in [-0.05, 0) is 32.2 Å². The van der Waals surface area contributed by atoms with Gasteiger partial charge in [-0.15, -0.1) is 12.6 Å². The molecule has 1 saturated heterocycles. The molecule has 1 aliphatic rings. The van der Waals surface area contributed by atoms with Crippen LogP contribution in [0.25, 0.3) is 10.9 Å². The Morgan fingerprint density at radius 1 is 1.11 bits per heavy atom. The third-order valence-electron chi connectivity index (χ3n) is 3.64. The average Bonchev–Trinajstić information content (AvgIpc) is 2.39. The van der Waals surface area contributed by atoms with Gasteiger partial charge in [0, 0.05) is 37.3 Å². The predicted octanol–water partition coefficient (Wildman–Crippen LogP) is 1.98. The van der Waals surface area contributed by atoms with E-state index in [9.17, 15) is 0 Å². The number of fused-ring (bicyclic) bond motifs is 1. The van der Waals surface area contributed by atoms with Crippen molar-refractivity contribution >= 4 is 29.2 Å². The number of nitrogens with zero attached hydrogens (tertiary/aromatic N) is 4. The maximum atomic E-state index is 4.47. The molecule has 0 saturated carbocycles. The average molecular weight is 274 g/mol. The van der Waals surface area contributed by atoms with E-state index in [-0.39, 0.29) is 0 Å². The number of likely N-dealkylation sites (N-methyl/N-ethyl adjacent to an activating group) is 1. The lowest BCUT2D eigenvalue weighted by atomic mass is 10.2. The summed E-state index contributed by atoms with van der Waals surface area (Å²) in [5.41, 5.74) is 2.21. The molecule has 3 rings (SSSR count). The maximum Gasteiger partial charge on any atom is 0.127 e. The Balaban J connectivity index is 1.97. The number of hydrogen-bond acceptors (Lipinski definition) is 5. The first-order valence-electron chi connectivity index (χ1n) is 6.54. The monoisotopic (exact) mass is 274 g/mol. The normalized spacial score (nSPS) is 17.1. The van der Waals surface area contributed by atoms with E-state index in [0.717, 1.165) is 47.9 Å². The molecular formula is C14H18N4S. The van der Waals surface area contributed by atoms with Gasteiger partial charge in [0.15, 0.2) is 0 Å². The number of anilines is 1. The highest BCUT2D eigenvalue weighted by atomic mass is 32.1. The summed E-state index contributed by atoms with van der Waals surface area (Å²) in [4.78, 5) is 13.5. The van der Waals surface area contributed by atoms with Crippen LogP contribution in [0.5, 0.6) is 0 Å². The molecule has 1 fully saturated rings. The Morgan fingerprint density at radius 2 is 1.84 bits per heavy atom. The molecular weight excluding hydrogens is 256 g/mol. The molecule has 0 amide bonds. The first kappa shape index (κ1) is 12.7. The van der Waals surface area contributed by atoms with Gasteiger partial charge in [0.05, 0.1) is 5.52 Å². The van der Waals surface area contributed by atoms with Crippen molar-refractivity contribution in [3.63, 3.8) is 0 Å². The minimum absolute atomic E-state index is 0.762. The SMILES string of the molecule is Cc1nc(S)c2cc(N3CCN(C)CC3)ccc2n1. The Hall–Kier alpha value is -1.33. The molecule has 5 heteroatoms. The van der Waals surface area contributed by atoms with Gasteiger partial charge in [-0.3, -0.25) is 0 Å². The lowest BCUT2D eigenvalue weighted by Gasteiger charge is -2.34. The molecule has 0 radical (unpaired) electrons. The second kappa shape index (κ2) is 4.98. The summed E-state index contributed by atoms with van der Waals surface area (Å²) in [6.07, 6.45) is 0. The van der Waals surface area contributed by atoms with Gasteiger partial charge in [0.1, 0.15) is 10.9 Å². The fraction of sp³-hybridized carbons (Fsp3) is 0.429. The number of aryl methyl sites for hydroxylation is 1. The first-order valence-corrected chi connectivity index (χ1v) is 6.99. The molecule has 2 aromatic rings. The summed E-state index contributed by atoms with van der Waals surface area (Å²) in [5.74, 6) is 0.768. The number of thiol groups is 1. The number of rotatable bonds is 1. The van der Waals surface area contributed by atoms with E-state index in [2.05, 4.69) is 57.6 Å². The Labute approximate surface area is 118 Å². The Morgan fingerprint density at radius 3 is 2.58 bits per heavy atom. The number of piperazine rings is 1. The summed E-state index contributed by atoms with van der Waals surface area (Å²) in [6.45, 7) is 6.24. The zero-order chi connectivity index (χ0) is 13.4. The van der Waals surface area contributed by atoms with Gasteiger partial charge >= 0.3 is 0 Å². The summed E-state index contributed by atoms with van der Waals surface area (Å²) >= 11 is 4.47. The molecule has 0 atom stereocenters. The van der Waals surface area contributed by atoms with Crippen molar-refractivity contribution < 1.29 is 0 Å². The standard InChI is InChI=1S/C14H18N4S/c1-10-15-13-4-3-11(9-12(13)14(19)16-10)18-7-5-17(2)6-8-18/h3-4,9H,5-8H2,1-2H3,(H,15,16,19). The van der Waals surface area contributed by atoms with E-state index in [1.54, 1.807) is 0 Å². The largest absolute Gasteiger partial charge is 0.369 e. The second-order valence-corrected chi connectivity index (χ2v) is 5.51. The van der Waals surface area contributed by atoms with Gasteiger partial charge in [0.25, 0.3) is 0 Å².